The number of phenolic OH excluding ortho intramolecular Hbond substituents is 1. The number of nitrogens with zero attached hydrogens (tertiary/aromatic N) is 3. The van der Waals surface area contributed by atoms with Crippen molar-refractivity contribution in [2.24, 2.45) is 0 Å². The van der Waals surface area contributed by atoms with Gasteiger partial charge in [0.15, 0.2) is 0 Å². The van der Waals surface area contributed by atoms with Crippen LogP contribution in [-0.4, -0.2) is 25.1 Å². The van der Waals surface area contributed by atoms with Gasteiger partial charge >= 0.3 is 0 Å². The molecular formula is C27H24N4O2. The fourth-order valence-electron chi connectivity index (χ4n) is 3.92. The molecule has 2 aromatic heterocycles. The SMILES string of the molecule is Cc1[nH]nc(-c2ccc(OCc3ccccc3)c(C)c2O)c1-c1cnn(-c2ccccc2)c1. The quantitative estimate of drug-likeness (QED) is 0.351. The van der Waals surface area contributed by atoms with Crippen LogP contribution in [0.3, 0.4) is 0 Å². The molecule has 0 spiro atoms. The molecular weight excluding hydrogens is 412 g/mol. The summed E-state index contributed by atoms with van der Waals surface area (Å²) in [6.45, 7) is 4.25. The number of hydrogen-bond donors (Lipinski definition) is 2. The summed E-state index contributed by atoms with van der Waals surface area (Å²) in [6.07, 6.45) is 3.79. The van der Waals surface area contributed by atoms with Crippen LogP contribution >= 0.6 is 0 Å². The number of benzene rings is 3. The Morgan fingerprint density at radius 1 is 0.939 bits per heavy atom. The van der Waals surface area contributed by atoms with E-state index in [2.05, 4.69) is 15.3 Å². The molecule has 0 bridgehead atoms. The summed E-state index contributed by atoms with van der Waals surface area (Å²) in [5, 5.41) is 23.1. The van der Waals surface area contributed by atoms with Crippen molar-refractivity contribution in [2.45, 2.75) is 20.5 Å². The molecule has 164 valence electrons. The van der Waals surface area contributed by atoms with E-state index >= 15 is 0 Å². The Morgan fingerprint density at radius 3 is 2.42 bits per heavy atom. The minimum atomic E-state index is 0.156. The predicted octanol–water partition coefficient (Wildman–Crippen LogP) is 5.83. The Balaban J connectivity index is 1.47. The molecule has 2 heterocycles. The minimum absolute atomic E-state index is 0.156. The summed E-state index contributed by atoms with van der Waals surface area (Å²) in [4.78, 5) is 0. The number of aromatic nitrogens is 4. The van der Waals surface area contributed by atoms with Crippen molar-refractivity contribution in [1.29, 1.82) is 0 Å². The second-order valence-electron chi connectivity index (χ2n) is 7.94. The number of nitrogens with one attached hydrogen (secondary N) is 1. The molecule has 0 aliphatic rings. The minimum Gasteiger partial charge on any atom is -0.507 e. The van der Waals surface area contributed by atoms with Gasteiger partial charge in [0, 0.05) is 34.1 Å². The zero-order valence-electron chi connectivity index (χ0n) is 18.5. The third-order valence-corrected chi connectivity index (χ3v) is 5.71. The fourth-order valence-corrected chi connectivity index (χ4v) is 3.92. The number of aromatic amines is 1. The first-order chi connectivity index (χ1) is 16.1. The summed E-state index contributed by atoms with van der Waals surface area (Å²) in [7, 11) is 0. The van der Waals surface area contributed by atoms with E-state index in [1.165, 1.54) is 0 Å². The lowest BCUT2D eigenvalue weighted by atomic mass is 9.99. The molecule has 0 saturated heterocycles. The molecule has 0 aliphatic carbocycles. The van der Waals surface area contributed by atoms with Crippen LogP contribution in [0.5, 0.6) is 11.5 Å². The van der Waals surface area contributed by atoms with Gasteiger partial charge in [0.2, 0.25) is 0 Å². The maximum absolute atomic E-state index is 11.0. The first-order valence-corrected chi connectivity index (χ1v) is 10.8. The van der Waals surface area contributed by atoms with Crippen LogP contribution in [0.25, 0.3) is 28.1 Å². The van der Waals surface area contributed by atoms with Gasteiger partial charge in [0.25, 0.3) is 0 Å². The van der Waals surface area contributed by atoms with Gasteiger partial charge in [-0.15, -0.1) is 0 Å². The van der Waals surface area contributed by atoms with Gasteiger partial charge in [-0.1, -0.05) is 48.5 Å². The average Bonchev–Trinajstić information content (AvgIpc) is 3.48. The van der Waals surface area contributed by atoms with E-state index in [-0.39, 0.29) is 5.75 Å². The number of H-pyrrole nitrogens is 1. The van der Waals surface area contributed by atoms with E-state index in [0.717, 1.165) is 28.1 Å². The Bertz CT molecular complexity index is 1390. The van der Waals surface area contributed by atoms with Crippen LogP contribution in [0.15, 0.2) is 85.2 Å². The van der Waals surface area contributed by atoms with Crippen molar-refractivity contribution < 1.29 is 9.84 Å². The molecule has 2 N–H and O–H groups in total. The van der Waals surface area contributed by atoms with Crippen LogP contribution in [0.4, 0.5) is 0 Å². The van der Waals surface area contributed by atoms with Gasteiger partial charge in [-0.2, -0.15) is 10.2 Å². The fraction of sp³-hybridized carbons (Fsp3) is 0.111. The summed E-state index contributed by atoms with van der Waals surface area (Å²) in [5.41, 5.74) is 6.77. The van der Waals surface area contributed by atoms with Crippen LogP contribution in [-0.2, 0) is 6.61 Å². The van der Waals surface area contributed by atoms with Gasteiger partial charge < -0.3 is 9.84 Å². The van der Waals surface area contributed by atoms with Gasteiger partial charge in [0.1, 0.15) is 23.8 Å². The van der Waals surface area contributed by atoms with E-state index in [0.29, 0.717) is 29.2 Å². The number of para-hydroxylation sites is 1. The highest BCUT2D eigenvalue weighted by molar-refractivity contribution is 5.85. The number of phenols is 1. The third-order valence-electron chi connectivity index (χ3n) is 5.71. The van der Waals surface area contributed by atoms with Crippen LogP contribution in [0.1, 0.15) is 16.8 Å². The Hall–Kier alpha value is -4.32. The first kappa shape index (κ1) is 20.6. The smallest absolute Gasteiger partial charge is 0.131 e. The van der Waals surface area contributed by atoms with E-state index in [1.54, 1.807) is 0 Å². The van der Waals surface area contributed by atoms with Crippen LogP contribution < -0.4 is 4.74 Å². The van der Waals surface area contributed by atoms with Crippen molar-refractivity contribution in [1.82, 2.24) is 20.0 Å². The molecule has 0 amide bonds. The molecule has 5 rings (SSSR count). The molecule has 5 aromatic rings. The van der Waals surface area contributed by atoms with Crippen molar-refractivity contribution in [3.05, 3.63) is 102 Å². The Kier molecular flexibility index (Phi) is 5.40. The third kappa shape index (κ3) is 3.99. The lowest BCUT2D eigenvalue weighted by molar-refractivity contribution is 0.302. The maximum Gasteiger partial charge on any atom is 0.131 e. The summed E-state index contributed by atoms with van der Waals surface area (Å²) >= 11 is 0. The van der Waals surface area contributed by atoms with E-state index in [1.807, 2.05) is 104 Å². The number of ether oxygens (including phenoxy) is 1. The summed E-state index contributed by atoms with van der Waals surface area (Å²) in [5.74, 6) is 0.801. The van der Waals surface area contributed by atoms with Gasteiger partial charge in [-0.05, 0) is 43.7 Å². The number of aryl methyl sites for hydroxylation is 1. The molecule has 0 unspecified atom stereocenters. The molecule has 6 nitrogen and oxygen atoms in total. The Morgan fingerprint density at radius 2 is 1.67 bits per heavy atom. The number of hydrogen-bond acceptors (Lipinski definition) is 4. The molecule has 0 radical (unpaired) electrons. The van der Waals surface area contributed by atoms with E-state index < -0.39 is 0 Å². The van der Waals surface area contributed by atoms with Crippen molar-refractivity contribution in [2.75, 3.05) is 0 Å². The molecule has 3 aromatic carbocycles. The highest BCUT2D eigenvalue weighted by atomic mass is 16.5. The largest absolute Gasteiger partial charge is 0.507 e. The lowest BCUT2D eigenvalue weighted by Gasteiger charge is -2.13. The predicted molar refractivity (Wildman–Crippen MR) is 128 cm³/mol. The molecule has 6 heteroatoms. The van der Waals surface area contributed by atoms with Crippen molar-refractivity contribution in [3.8, 4) is 39.6 Å². The highest BCUT2D eigenvalue weighted by Gasteiger charge is 2.21. The molecule has 0 aliphatic heterocycles. The monoisotopic (exact) mass is 436 g/mol. The van der Waals surface area contributed by atoms with Crippen LogP contribution in [0.2, 0.25) is 0 Å². The van der Waals surface area contributed by atoms with E-state index in [4.69, 9.17) is 4.74 Å². The zero-order chi connectivity index (χ0) is 22.8. The van der Waals surface area contributed by atoms with Gasteiger partial charge in [-0.25, -0.2) is 4.68 Å². The van der Waals surface area contributed by atoms with Gasteiger partial charge in [0.05, 0.1) is 11.9 Å². The van der Waals surface area contributed by atoms with Crippen LogP contribution in [0, 0.1) is 13.8 Å². The first-order valence-electron chi connectivity index (χ1n) is 10.8. The summed E-state index contributed by atoms with van der Waals surface area (Å²) in [6, 6.07) is 23.6. The second kappa shape index (κ2) is 8.67. The molecule has 0 fully saturated rings. The number of rotatable bonds is 6. The molecule has 0 saturated carbocycles. The summed E-state index contributed by atoms with van der Waals surface area (Å²) < 4.78 is 7.80. The maximum atomic E-state index is 11.0. The lowest BCUT2D eigenvalue weighted by Crippen LogP contribution is -1.97. The highest BCUT2D eigenvalue weighted by Crippen LogP contribution is 2.41. The Labute approximate surface area is 192 Å². The standard InChI is InChI=1S/C27H24N4O2/c1-18-24(33-17-20-9-5-3-6-10-20)14-13-23(27(18)32)26-25(19(2)29-30-26)21-15-28-31(16-21)22-11-7-4-8-12-22/h3-16,32H,17H2,1-2H3,(H,29,30). The second-order valence-corrected chi connectivity index (χ2v) is 7.94. The normalized spacial score (nSPS) is 11.0. The number of aromatic hydroxyl groups is 1. The molecule has 33 heavy (non-hydrogen) atoms. The van der Waals surface area contributed by atoms with Crippen molar-refractivity contribution in [3.63, 3.8) is 0 Å². The average molecular weight is 437 g/mol. The van der Waals surface area contributed by atoms with Gasteiger partial charge in [-0.3, -0.25) is 5.10 Å². The topological polar surface area (TPSA) is 76.0 Å². The zero-order valence-corrected chi connectivity index (χ0v) is 18.5. The van der Waals surface area contributed by atoms with E-state index in [9.17, 15) is 5.11 Å². The van der Waals surface area contributed by atoms with Crippen molar-refractivity contribution >= 4 is 0 Å². The molecule has 0 atom stereocenters.